The van der Waals surface area contributed by atoms with Gasteiger partial charge in [0.2, 0.25) is 0 Å². The number of hydrogen-bond donors (Lipinski definition) is 1. The highest BCUT2D eigenvalue weighted by Gasteiger charge is 2.30. The lowest BCUT2D eigenvalue weighted by Crippen LogP contribution is -2.47. The number of para-hydroxylation sites is 1. The fourth-order valence-electron chi connectivity index (χ4n) is 2.15. The molecule has 0 aromatic heterocycles. The Labute approximate surface area is 109 Å². The third kappa shape index (κ3) is 2.72. The number of hydrogen-bond acceptors (Lipinski definition) is 3. The van der Waals surface area contributed by atoms with Crippen LogP contribution in [0.5, 0.6) is 5.75 Å². The number of carbonyl (C=O) groups excluding carboxylic acids is 1. The molecule has 0 bridgehead atoms. The molecule has 0 saturated carbocycles. The highest BCUT2D eigenvalue weighted by atomic mass is 16.5. The van der Waals surface area contributed by atoms with E-state index < -0.39 is 0 Å². The van der Waals surface area contributed by atoms with E-state index in [1.807, 2.05) is 45.0 Å². The molecule has 1 aliphatic rings. The Morgan fingerprint density at radius 1 is 1.28 bits per heavy atom. The van der Waals surface area contributed by atoms with Crippen LogP contribution < -0.4 is 10.1 Å². The zero-order valence-electron chi connectivity index (χ0n) is 11.3. The van der Waals surface area contributed by atoms with Gasteiger partial charge in [0, 0.05) is 5.92 Å². The van der Waals surface area contributed by atoms with Crippen molar-refractivity contribution in [3.63, 3.8) is 0 Å². The zero-order chi connectivity index (χ0) is 13.1. The Bertz CT molecular complexity index is 424. The molecule has 1 heterocycles. The topological polar surface area (TPSA) is 38.3 Å². The van der Waals surface area contributed by atoms with Crippen molar-refractivity contribution in [2.24, 2.45) is 11.8 Å². The van der Waals surface area contributed by atoms with Gasteiger partial charge in [-0.2, -0.15) is 0 Å². The van der Waals surface area contributed by atoms with E-state index in [9.17, 15) is 4.79 Å². The summed E-state index contributed by atoms with van der Waals surface area (Å²) >= 11 is 0. The van der Waals surface area contributed by atoms with Crippen molar-refractivity contribution in [2.75, 3.05) is 13.1 Å². The highest BCUT2D eigenvalue weighted by Crippen LogP contribution is 2.26. The van der Waals surface area contributed by atoms with E-state index in [4.69, 9.17) is 4.74 Å². The molecular weight excluding hydrogens is 226 g/mol. The molecule has 1 saturated heterocycles. The molecule has 1 unspecified atom stereocenters. The lowest BCUT2D eigenvalue weighted by atomic mass is 9.83. The van der Waals surface area contributed by atoms with E-state index in [-0.39, 0.29) is 17.8 Å². The van der Waals surface area contributed by atoms with Gasteiger partial charge in [0.25, 0.3) is 0 Å². The Balaban J connectivity index is 2.18. The number of Topliss-reactive ketones (excluding diaryl/α,β-unsaturated/α-hetero) is 1. The summed E-state index contributed by atoms with van der Waals surface area (Å²) in [7, 11) is 0. The van der Waals surface area contributed by atoms with Crippen molar-refractivity contribution in [3.05, 3.63) is 29.8 Å². The van der Waals surface area contributed by atoms with Gasteiger partial charge in [-0.3, -0.25) is 4.79 Å². The summed E-state index contributed by atoms with van der Waals surface area (Å²) in [5.41, 5.74) is 0.714. The van der Waals surface area contributed by atoms with E-state index in [0.29, 0.717) is 17.2 Å². The maximum Gasteiger partial charge on any atom is 0.169 e. The standard InChI is InChI=1S/C15H21NO2/c1-10(2)18-14-7-5-4-6-13(14)15(17)11(3)12-8-16-9-12/h4-7,10-12,16H,8-9H2,1-3H3. The summed E-state index contributed by atoms with van der Waals surface area (Å²) in [5, 5.41) is 3.21. The van der Waals surface area contributed by atoms with Crippen molar-refractivity contribution in [2.45, 2.75) is 26.9 Å². The first-order valence-electron chi connectivity index (χ1n) is 6.60. The van der Waals surface area contributed by atoms with Crippen LogP contribution in [-0.4, -0.2) is 25.0 Å². The van der Waals surface area contributed by atoms with E-state index >= 15 is 0 Å². The molecule has 98 valence electrons. The van der Waals surface area contributed by atoms with Gasteiger partial charge in [-0.15, -0.1) is 0 Å². The normalized spacial score (nSPS) is 17.3. The van der Waals surface area contributed by atoms with Crippen molar-refractivity contribution in [1.29, 1.82) is 0 Å². The van der Waals surface area contributed by atoms with E-state index in [0.717, 1.165) is 13.1 Å². The smallest absolute Gasteiger partial charge is 0.169 e. The number of benzene rings is 1. The van der Waals surface area contributed by atoms with Crippen LogP contribution in [0.1, 0.15) is 31.1 Å². The molecule has 1 aromatic carbocycles. The van der Waals surface area contributed by atoms with Crippen LogP contribution in [0, 0.1) is 11.8 Å². The fraction of sp³-hybridized carbons (Fsp3) is 0.533. The average molecular weight is 247 g/mol. The maximum atomic E-state index is 12.5. The first-order chi connectivity index (χ1) is 8.59. The number of nitrogens with one attached hydrogen (secondary N) is 1. The Morgan fingerprint density at radius 3 is 2.50 bits per heavy atom. The predicted octanol–water partition coefficient (Wildman–Crippen LogP) is 2.51. The third-order valence-corrected chi connectivity index (χ3v) is 3.45. The molecule has 1 atom stereocenters. The minimum Gasteiger partial charge on any atom is -0.490 e. The molecular formula is C15H21NO2. The van der Waals surface area contributed by atoms with Crippen LogP contribution in [0.2, 0.25) is 0 Å². The van der Waals surface area contributed by atoms with Gasteiger partial charge in [0.1, 0.15) is 5.75 Å². The summed E-state index contributed by atoms with van der Waals surface area (Å²) < 4.78 is 5.71. The van der Waals surface area contributed by atoms with Crippen LogP contribution in [0.15, 0.2) is 24.3 Å². The van der Waals surface area contributed by atoms with Crippen LogP contribution in [0.3, 0.4) is 0 Å². The van der Waals surface area contributed by atoms with Gasteiger partial charge in [0.05, 0.1) is 11.7 Å². The van der Waals surface area contributed by atoms with Gasteiger partial charge >= 0.3 is 0 Å². The molecule has 1 aromatic rings. The van der Waals surface area contributed by atoms with Crippen LogP contribution in [-0.2, 0) is 0 Å². The Morgan fingerprint density at radius 2 is 1.94 bits per heavy atom. The minimum absolute atomic E-state index is 0.0585. The number of carbonyl (C=O) groups is 1. The Hall–Kier alpha value is -1.35. The molecule has 3 heteroatoms. The molecule has 1 aliphatic heterocycles. The molecule has 0 spiro atoms. The molecule has 0 radical (unpaired) electrons. The molecule has 1 fully saturated rings. The SMILES string of the molecule is CC(C)Oc1ccccc1C(=O)C(C)C1CNC1. The van der Waals surface area contributed by atoms with Crippen molar-refractivity contribution < 1.29 is 9.53 Å². The molecule has 1 N–H and O–H groups in total. The van der Waals surface area contributed by atoms with Crippen molar-refractivity contribution in [3.8, 4) is 5.75 Å². The summed E-state index contributed by atoms with van der Waals surface area (Å²) in [4.78, 5) is 12.5. The number of rotatable bonds is 5. The summed E-state index contributed by atoms with van der Waals surface area (Å²) in [6.07, 6.45) is 0.0830. The second-order valence-electron chi connectivity index (χ2n) is 5.23. The molecule has 3 nitrogen and oxygen atoms in total. The predicted molar refractivity (Wildman–Crippen MR) is 72.1 cm³/mol. The summed E-state index contributed by atoms with van der Waals surface area (Å²) in [5.74, 6) is 1.42. The van der Waals surface area contributed by atoms with E-state index in [2.05, 4.69) is 5.32 Å². The average Bonchev–Trinajstić information content (AvgIpc) is 2.25. The lowest BCUT2D eigenvalue weighted by molar-refractivity contribution is 0.0848. The first kappa shape index (κ1) is 13.1. The Kier molecular flexibility index (Phi) is 4.02. The van der Waals surface area contributed by atoms with Crippen LogP contribution in [0.25, 0.3) is 0 Å². The van der Waals surface area contributed by atoms with E-state index in [1.54, 1.807) is 0 Å². The van der Waals surface area contributed by atoms with E-state index in [1.165, 1.54) is 0 Å². The van der Waals surface area contributed by atoms with Gasteiger partial charge in [-0.1, -0.05) is 19.1 Å². The molecule has 0 amide bonds. The third-order valence-electron chi connectivity index (χ3n) is 3.45. The molecule has 2 rings (SSSR count). The van der Waals surface area contributed by atoms with Crippen molar-refractivity contribution >= 4 is 5.78 Å². The minimum atomic E-state index is 0.0585. The lowest BCUT2D eigenvalue weighted by Gasteiger charge is -2.32. The zero-order valence-corrected chi connectivity index (χ0v) is 11.3. The fourth-order valence-corrected chi connectivity index (χ4v) is 2.15. The second kappa shape index (κ2) is 5.53. The maximum absolute atomic E-state index is 12.5. The molecule has 0 aliphatic carbocycles. The van der Waals surface area contributed by atoms with Crippen LogP contribution in [0.4, 0.5) is 0 Å². The van der Waals surface area contributed by atoms with Crippen molar-refractivity contribution in [1.82, 2.24) is 5.32 Å². The first-order valence-corrected chi connectivity index (χ1v) is 6.60. The van der Waals surface area contributed by atoms with Gasteiger partial charge in [-0.25, -0.2) is 0 Å². The number of ether oxygens (including phenoxy) is 1. The quantitative estimate of drug-likeness (QED) is 0.812. The largest absolute Gasteiger partial charge is 0.490 e. The molecule has 18 heavy (non-hydrogen) atoms. The van der Waals surface area contributed by atoms with Gasteiger partial charge in [0.15, 0.2) is 5.78 Å². The highest BCUT2D eigenvalue weighted by molar-refractivity contribution is 6.00. The van der Waals surface area contributed by atoms with Crippen LogP contribution >= 0.6 is 0 Å². The summed E-state index contributed by atoms with van der Waals surface area (Å²) in [6.45, 7) is 7.85. The second-order valence-corrected chi connectivity index (χ2v) is 5.23. The van der Waals surface area contributed by atoms with Gasteiger partial charge in [-0.05, 0) is 45.0 Å². The van der Waals surface area contributed by atoms with Gasteiger partial charge < -0.3 is 10.1 Å². The monoisotopic (exact) mass is 247 g/mol. The summed E-state index contributed by atoms with van der Waals surface area (Å²) in [6, 6.07) is 7.54. The number of ketones is 1.